The van der Waals surface area contributed by atoms with Gasteiger partial charge in [-0.3, -0.25) is 9.59 Å². The summed E-state index contributed by atoms with van der Waals surface area (Å²) < 4.78 is 5.75. The van der Waals surface area contributed by atoms with Crippen molar-refractivity contribution in [3.63, 3.8) is 0 Å². The van der Waals surface area contributed by atoms with Crippen LogP contribution in [0.4, 0.5) is 0 Å². The van der Waals surface area contributed by atoms with Gasteiger partial charge in [-0.2, -0.15) is 0 Å². The number of rotatable bonds is 4. The van der Waals surface area contributed by atoms with Crippen LogP contribution in [-0.2, 0) is 16.0 Å². The van der Waals surface area contributed by atoms with E-state index in [9.17, 15) is 9.59 Å². The van der Waals surface area contributed by atoms with E-state index in [0.717, 1.165) is 17.7 Å². The number of carbonyl (C=O) groups excluding carboxylic acids is 1. The molecule has 3 atom stereocenters. The Morgan fingerprint density at radius 1 is 1.33 bits per heavy atom. The molecule has 21 heavy (non-hydrogen) atoms. The van der Waals surface area contributed by atoms with Crippen LogP contribution in [0.3, 0.4) is 0 Å². The number of hydrogen-bond acceptors (Lipinski definition) is 3. The van der Waals surface area contributed by atoms with Crippen molar-refractivity contribution < 1.29 is 19.4 Å². The van der Waals surface area contributed by atoms with Crippen LogP contribution in [0.25, 0.3) is 0 Å². The molecule has 1 aliphatic heterocycles. The van der Waals surface area contributed by atoms with Crippen LogP contribution in [0.5, 0.6) is 5.75 Å². The molecule has 5 heteroatoms. The van der Waals surface area contributed by atoms with Crippen LogP contribution in [0.1, 0.15) is 19.4 Å². The van der Waals surface area contributed by atoms with Crippen molar-refractivity contribution in [2.75, 3.05) is 6.54 Å². The number of fused-ring (bicyclic) bond motifs is 1. The zero-order valence-electron chi connectivity index (χ0n) is 12.1. The first-order valence-corrected chi connectivity index (χ1v) is 7.16. The van der Waals surface area contributed by atoms with Gasteiger partial charge in [-0.15, -0.1) is 0 Å². The number of aliphatic carboxylic acids is 1. The van der Waals surface area contributed by atoms with E-state index >= 15 is 0 Å². The number of nitrogens with one attached hydrogen (secondary N) is 1. The predicted molar refractivity (Wildman–Crippen MR) is 76.0 cm³/mol. The lowest BCUT2D eigenvalue weighted by Gasteiger charge is -2.12. The first-order chi connectivity index (χ1) is 9.91. The van der Waals surface area contributed by atoms with E-state index in [4.69, 9.17) is 9.84 Å². The summed E-state index contributed by atoms with van der Waals surface area (Å²) in [5.74, 6) is -1.25. The minimum Gasteiger partial charge on any atom is -0.488 e. The fourth-order valence-electron chi connectivity index (χ4n) is 3.28. The number of benzene rings is 1. The third-order valence-electron chi connectivity index (χ3n) is 4.59. The van der Waals surface area contributed by atoms with Gasteiger partial charge in [0.2, 0.25) is 5.91 Å². The molecule has 1 unspecified atom stereocenters. The van der Waals surface area contributed by atoms with Gasteiger partial charge in [0, 0.05) is 6.42 Å². The quantitative estimate of drug-likeness (QED) is 0.880. The van der Waals surface area contributed by atoms with Crippen molar-refractivity contribution in [3.8, 4) is 5.75 Å². The van der Waals surface area contributed by atoms with Gasteiger partial charge in [0.1, 0.15) is 11.9 Å². The maximum Gasteiger partial charge on any atom is 0.307 e. The van der Waals surface area contributed by atoms with Gasteiger partial charge < -0.3 is 15.2 Å². The second-order valence-electron chi connectivity index (χ2n) is 6.41. The zero-order chi connectivity index (χ0) is 15.2. The number of para-hydroxylation sites is 1. The minimum absolute atomic E-state index is 0.0727. The lowest BCUT2D eigenvalue weighted by atomic mass is 10.1. The molecule has 3 rings (SSSR count). The molecule has 2 aliphatic rings. The molecule has 0 radical (unpaired) electrons. The molecule has 0 aromatic heterocycles. The van der Waals surface area contributed by atoms with Crippen molar-refractivity contribution >= 4 is 11.9 Å². The summed E-state index contributed by atoms with van der Waals surface area (Å²) in [6.45, 7) is 4.04. The van der Waals surface area contributed by atoms with Crippen molar-refractivity contribution in [2.24, 2.45) is 17.3 Å². The average molecular weight is 289 g/mol. The molecule has 1 aliphatic carbocycles. The van der Waals surface area contributed by atoms with Gasteiger partial charge in [0.05, 0.1) is 18.4 Å². The molecule has 0 saturated heterocycles. The number of hydrogen-bond donors (Lipinski definition) is 2. The second-order valence-corrected chi connectivity index (χ2v) is 6.41. The van der Waals surface area contributed by atoms with E-state index in [1.54, 1.807) is 0 Å². The largest absolute Gasteiger partial charge is 0.488 e. The van der Waals surface area contributed by atoms with Crippen molar-refractivity contribution in [3.05, 3.63) is 29.8 Å². The van der Waals surface area contributed by atoms with E-state index in [0.29, 0.717) is 6.54 Å². The highest BCUT2D eigenvalue weighted by atomic mass is 16.5. The molecule has 2 N–H and O–H groups in total. The first-order valence-electron chi connectivity index (χ1n) is 7.16. The Balaban J connectivity index is 1.54. The molecule has 1 aromatic rings. The molecule has 1 fully saturated rings. The molecule has 0 bridgehead atoms. The third kappa shape index (κ3) is 2.37. The van der Waals surface area contributed by atoms with Gasteiger partial charge in [0.15, 0.2) is 0 Å². The zero-order valence-corrected chi connectivity index (χ0v) is 12.1. The average Bonchev–Trinajstić information content (AvgIpc) is 2.81. The van der Waals surface area contributed by atoms with Crippen LogP contribution >= 0.6 is 0 Å². The summed E-state index contributed by atoms with van der Waals surface area (Å²) in [6.07, 6.45) is 0.698. The highest BCUT2D eigenvalue weighted by Crippen LogP contribution is 2.58. The molecule has 1 heterocycles. The molecule has 0 spiro atoms. The van der Waals surface area contributed by atoms with Crippen molar-refractivity contribution in [1.82, 2.24) is 5.32 Å². The standard InChI is InChI=1S/C16H19NO4/c1-16(2)12(13(16)15(19)20)14(18)17-8-10-7-9-5-3-4-6-11(9)21-10/h3-6,10,12-13H,7-8H2,1-2H3,(H,17,18)(H,19,20)/t10?,12-,13+/m1/s1. The van der Waals surface area contributed by atoms with E-state index < -0.39 is 23.2 Å². The molecule has 112 valence electrons. The summed E-state index contributed by atoms with van der Waals surface area (Å²) in [5, 5.41) is 11.9. The molecule has 1 saturated carbocycles. The van der Waals surface area contributed by atoms with E-state index in [1.165, 1.54) is 0 Å². The van der Waals surface area contributed by atoms with E-state index in [-0.39, 0.29) is 12.0 Å². The number of amides is 1. The third-order valence-corrected chi connectivity index (χ3v) is 4.59. The van der Waals surface area contributed by atoms with Crippen molar-refractivity contribution in [2.45, 2.75) is 26.4 Å². The summed E-state index contributed by atoms with van der Waals surface area (Å²) in [7, 11) is 0. The normalized spacial score (nSPS) is 28.4. The Morgan fingerprint density at radius 3 is 2.67 bits per heavy atom. The SMILES string of the molecule is CC1(C)[C@H](C(=O)O)[C@@H]1C(=O)NCC1Cc2ccccc2O1. The van der Waals surface area contributed by atoms with Crippen LogP contribution in [0.15, 0.2) is 24.3 Å². The lowest BCUT2D eigenvalue weighted by molar-refractivity contribution is -0.140. The fourth-order valence-corrected chi connectivity index (χ4v) is 3.28. The first kappa shape index (κ1) is 13.9. The maximum absolute atomic E-state index is 12.1. The maximum atomic E-state index is 12.1. The topological polar surface area (TPSA) is 75.6 Å². The minimum atomic E-state index is -0.898. The number of carboxylic acid groups (broad SMARTS) is 1. The Hall–Kier alpha value is -2.04. The lowest BCUT2D eigenvalue weighted by Crippen LogP contribution is -2.36. The van der Waals surface area contributed by atoms with Gasteiger partial charge in [0.25, 0.3) is 0 Å². The summed E-state index contributed by atoms with van der Waals surface area (Å²) in [5.41, 5.74) is 0.682. The molecular formula is C16H19NO4. The Morgan fingerprint density at radius 2 is 2.05 bits per heavy atom. The molecule has 5 nitrogen and oxygen atoms in total. The van der Waals surface area contributed by atoms with Crippen LogP contribution in [-0.4, -0.2) is 29.6 Å². The summed E-state index contributed by atoms with van der Waals surface area (Å²) in [4.78, 5) is 23.2. The second kappa shape index (κ2) is 4.76. The van der Waals surface area contributed by atoms with E-state index in [1.807, 2.05) is 38.1 Å². The fraction of sp³-hybridized carbons (Fsp3) is 0.500. The van der Waals surface area contributed by atoms with Gasteiger partial charge in [-0.1, -0.05) is 32.0 Å². The number of carbonyl (C=O) groups is 2. The highest BCUT2D eigenvalue weighted by Gasteiger charge is 2.65. The molecular weight excluding hydrogens is 270 g/mol. The Bertz CT molecular complexity index is 571. The predicted octanol–water partition coefficient (Wildman–Crippen LogP) is 1.46. The number of carboxylic acids is 1. The van der Waals surface area contributed by atoms with Crippen molar-refractivity contribution in [1.29, 1.82) is 0 Å². The molecule has 1 amide bonds. The smallest absolute Gasteiger partial charge is 0.307 e. The highest BCUT2D eigenvalue weighted by molar-refractivity contribution is 5.91. The van der Waals surface area contributed by atoms with Crippen LogP contribution in [0.2, 0.25) is 0 Å². The van der Waals surface area contributed by atoms with Gasteiger partial charge >= 0.3 is 5.97 Å². The monoisotopic (exact) mass is 289 g/mol. The number of ether oxygens (including phenoxy) is 1. The summed E-state index contributed by atoms with van der Waals surface area (Å²) >= 11 is 0. The van der Waals surface area contributed by atoms with Crippen LogP contribution in [0, 0.1) is 17.3 Å². The van der Waals surface area contributed by atoms with Gasteiger partial charge in [-0.25, -0.2) is 0 Å². The van der Waals surface area contributed by atoms with Crippen LogP contribution < -0.4 is 10.1 Å². The Labute approximate surface area is 123 Å². The molecule has 1 aromatic carbocycles. The Kier molecular flexibility index (Phi) is 3.15. The van der Waals surface area contributed by atoms with Gasteiger partial charge in [-0.05, 0) is 17.0 Å². The summed E-state index contributed by atoms with van der Waals surface area (Å²) in [6, 6.07) is 7.82. The van der Waals surface area contributed by atoms with E-state index in [2.05, 4.69) is 5.32 Å².